The number of nitrogens with one attached hydrogen (secondary N) is 1. The van der Waals surface area contributed by atoms with Crippen LogP contribution in [0.25, 0.3) is 0 Å². The lowest BCUT2D eigenvalue weighted by Gasteiger charge is -2.16. The topological polar surface area (TPSA) is 47.6 Å². The predicted octanol–water partition coefficient (Wildman–Crippen LogP) is 3.23. The zero-order valence-corrected chi connectivity index (χ0v) is 12.8. The van der Waals surface area contributed by atoms with E-state index in [9.17, 15) is 13.6 Å². The Hall–Kier alpha value is -2.63. The molecule has 0 aliphatic heterocycles. The van der Waals surface area contributed by atoms with Crippen LogP contribution in [0.3, 0.4) is 0 Å². The maximum atomic E-state index is 13.7. The van der Waals surface area contributed by atoms with Gasteiger partial charge in [-0.1, -0.05) is 18.2 Å². The van der Waals surface area contributed by atoms with E-state index in [0.717, 1.165) is 12.1 Å². The van der Waals surface area contributed by atoms with E-state index in [-0.39, 0.29) is 12.2 Å². The summed E-state index contributed by atoms with van der Waals surface area (Å²) in [6.45, 7) is 1.37. The minimum absolute atomic E-state index is 0.206. The number of para-hydroxylation sites is 2. The van der Waals surface area contributed by atoms with E-state index >= 15 is 0 Å². The fourth-order valence-corrected chi connectivity index (χ4v) is 2.09. The maximum absolute atomic E-state index is 13.7. The average molecular weight is 321 g/mol. The van der Waals surface area contributed by atoms with E-state index in [4.69, 9.17) is 9.47 Å². The molecule has 0 aliphatic carbocycles. The van der Waals surface area contributed by atoms with Gasteiger partial charge in [-0.25, -0.2) is 8.78 Å². The Bertz CT molecular complexity index is 691. The minimum Gasteiger partial charge on any atom is -0.493 e. The highest BCUT2D eigenvalue weighted by Gasteiger charge is 2.15. The lowest BCUT2D eigenvalue weighted by Crippen LogP contribution is -2.31. The molecule has 0 fully saturated rings. The van der Waals surface area contributed by atoms with Crippen LogP contribution >= 0.6 is 0 Å². The smallest absolute Gasteiger partial charge is 0.258 e. The van der Waals surface area contributed by atoms with Crippen LogP contribution in [0.15, 0.2) is 42.5 Å². The molecule has 2 aromatic rings. The third-order valence-electron chi connectivity index (χ3n) is 3.23. The second-order valence-corrected chi connectivity index (χ2v) is 4.89. The van der Waals surface area contributed by atoms with Crippen molar-refractivity contribution >= 4 is 5.91 Å². The molecule has 122 valence electrons. The third-order valence-corrected chi connectivity index (χ3v) is 3.23. The maximum Gasteiger partial charge on any atom is 0.258 e. The van der Waals surface area contributed by atoms with Gasteiger partial charge in [0.25, 0.3) is 5.91 Å². The number of carbonyl (C=O) groups is 1. The van der Waals surface area contributed by atoms with Gasteiger partial charge in [0, 0.05) is 11.6 Å². The number of halogens is 2. The number of amides is 1. The molecule has 0 aromatic heterocycles. The molecule has 2 aromatic carbocycles. The van der Waals surface area contributed by atoms with Crippen molar-refractivity contribution in [3.8, 4) is 11.5 Å². The van der Waals surface area contributed by atoms with Crippen molar-refractivity contribution in [3.05, 3.63) is 59.7 Å². The molecule has 1 N–H and O–H groups in total. The molecular weight excluding hydrogens is 304 g/mol. The Kier molecular flexibility index (Phi) is 5.51. The van der Waals surface area contributed by atoms with Gasteiger partial charge in [-0.2, -0.15) is 0 Å². The van der Waals surface area contributed by atoms with Gasteiger partial charge >= 0.3 is 0 Å². The summed E-state index contributed by atoms with van der Waals surface area (Å²) in [5, 5.41) is 2.60. The minimum atomic E-state index is -0.705. The van der Waals surface area contributed by atoms with Crippen LogP contribution in [0, 0.1) is 11.6 Å². The van der Waals surface area contributed by atoms with Crippen molar-refractivity contribution in [1.29, 1.82) is 0 Å². The first-order valence-corrected chi connectivity index (χ1v) is 7.01. The lowest BCUT2D eigenvalue weighted by molar-refractivity contribution is -0.123. The molecule has 0 bridgehead atoms. The fourth-order valence-electron chi connectivity index (χ4n) is 2.09. The van der Waals surface area contributed by atoms with Gasteiger partial charge in [-0.3, -0.25) is 4.79 Å². The van der Waals surface area contributed by atoms with Crippen molar-refractivity contribution in [1.82, 2.24) is 5.32 Å². The lowest BCUT2D eigenvalue weighted by atomic mass is 10.1. The van der Waals surface area contributed by atoms with E-state index in [1.165, 1.54) is 13.2 Å². The van der Waals surface area contributed by atoms with Gasteiger partial charge in [-0.15, -0.1) is 0 Å². The second-order valence-electron chi connectivity index (χ2n) is 4.89. The van der Waals surface area contributed by atoms with Crippen LogP contribution < -0.4 is 14.8 Å². The zero-order chi connectivity index (χ0) is 16.8. The molecule has 2 rings (SSSR count). The first kappa shape index (κ1) is 16.7. The number of rotatable bonds is 6. The highest BCUT2D eigenvalue weighted by atomic mass is 19.1. The molecular formula is C17H17F2NO3. The molecule has 0 aliphatic rings. The highest BCUT2D eigenvalue weighted by Crippen LogP contribution is 2.25. The van der Waals surface area contributed by atoms with Crippen LogP contribution in [0.1, 0.15) is 18.5 Å². The average Bonchev–Trinajstić information content (AvgIpc) is 2.53. The highest BCUT2D eigenvalue weighted by molar-refractivity contribution is 5.78. The van der Waals surface area contributed by atoms with Crippen molar-refractivity contribution in [2.45, 2.75) is 13.0 Å². The standard InChI is InChI=1S/C17H17F2NO3/c1-11(13-8-7-12(18)9-14(13)19)20-17(21)10-23-16-6-4-3-5-15(16)22-2/h3-9,11H,10H2,1-2H3,(H,20,21)/t11-/m0/s1. The summed E-state index contributed by atoms with van der Waals surface area (Å²) in [4.78, 5) is 11.9. The molecule has 0 saturated carbocycles. The Balaban J connectivity index is 1.94. The number of hydrogen-bond donors (Lipinski definition) is 1. The molecule has 1 atom stereocenters. The number of carbonyl (C=O) groups excluding carboxylic acids is 1. The monoisotopic (exact) mass is 321 g/mol. The summed E-state index contributed by atoms with van der Waals surface area (Å²) in [5.41, 5.74) is 0.206. The number of ether oxygens (including phenoxy) is 2. The molecule has 0 radical (unpaired) electrons. The Labute approximate surface area is 133 Å². The largest absolute Gasteiger partial charge is 0.493 e. The second kappa shape index (κ2) is 7.58. The van der Waals surface area contributed by atoms with E-state index in [1.54, 1.807) is 31.2 Å². The molecule has 0 saturated heterocycles. The summed E-state index contributed by atoms with van der Waals surface area (Å²) in [6, 6.07) is 9.55. The normalized spacial score (nSPS) is 11.7. The van der Waals surface area contributed by atoms with Crippen molar-refractivity contribution < 1.29 is 23.0 Å². The van der Waals surface area contributed by atoms with E-state index < -0.39 is 23.6 Å². The third kappa shape index (κ3) is 4.42. The van der Waals surface area contributed by atoms with E-state index in [1.807, 2.05) is 0 Å². The van der Waals surface area contributed by atoms with E-state index in [0.29, 0.717) is 11.5 Å². The summed E-state index contributed by atoms with van der Waals surface area (Å²) in [6.07, 6.45) is 0. The van der Waals surface area contributed by atoms with Crippen LogP contribution in [-0.4, -0.2) is 19.6 Å². The number of methoxy groups -OCH3 is 1. The first-order valence-electron chi connectivity index (χ1n) is 7.01. The Morgan fingerprint density at radius 3 is 2.52 bits per heavy atom. The Morgan fingerprint density at radius 2 is 1.87 bits per heavy atom. The molecule has 0 spiro atoms. The van der Waals surface area contributed by atoms with Gasteiger partial charge in [-0.05, 0) is 25.1 Å². The van der Waals surface area contributed by atoms with E-state index in [2.05, 4.69) is 5.32 Å². The van der Waals surface area contributed by atoms with Crippen LogP contribution in [-0.2, 0) is 4.79 Å². The van der Waals surface area contributed by atoms with Gasteiger partial charge in [0.2, 0.25) is 0 Å². The summed E-state index contributed by atoms with van der Waals surface area (Å²) in [5.74, 6) is -0.844. The fraction of sp³-hybridized carbons (Fsp3) is 0.235. The molecule has 4 nitrogen and oxygen atoms in total. The number of hydrogen-bond acceptors (Lipinski definition) is 3. The first-order chi connectivity index (χ1) is 11.0. The van der Waals surface area contributed by atoms with Gasteiger partial charge in [0.05, 0.1) is 13.2 Å². The summed E-state index contributed by atoms with van der Waals surface area (Å²) >= 11 is 0. The molecule has 1 amide bonds. The SMILES string of the molecule is COc1ccccc1OCC(=O)N[C@@H](C)c1ccc(F)cc1F. The van der Waals surface area contributed by atoms with Gasteiger partial charge in [0.1, 0.15) is 11.6 Å². The molecule has 0 heterocycles. The van der Waals surface area contributed by atoms with Crippen LogP contribution in [0.5, 0.6) is 11.5 Å². The molecule has 6 heteroatoms. The van der Waals surface area contributed by atoms with Crippen LogP contribution in [0.2, 0.25) is 0 Å². The van der Waals surface area contributed by atoms with Gasteiger partial charge < -0.3 is 14.8 Å². The number of benzene rings is 2. The van der Waals surface area contributed by atoms with Gasteiger partial charge in [0.15, 0.2) is 18.1 Å². The van der Waals surface area contributed by atoms with Crippen molar-refractivity contribution in [3.63, 3.8) is 0 Å². The summed E-state index contributed by atoms with van der Waals surface area (Å²) in [7, 11) is 1.50. The summed E-state index contributed by atoms with van der Waals surface area (Å²) < 4.78 is 37.1. The zero-order valence-electron chi connectivity index (χ0n) is 12.8. The van der Waals surface area contributed by atoms with Crippen molar-refractivity contribution in [2.75, 3.05) is 13.7 Å². The predicted molar refractivity (Wildman–Crippen MR) is 81.4 cm³/mol. The molecule has 0 unspecified atom stereocenters. The Morgan fingerprint density at radius 1 is 1.17 bits per heavy atom. The van der Waals surface area contributed by atoms with Crippen LogP contribution in [0.4, 0.5) is 8.78 Å². The van der Waals surface area contributed by atoms with Crippen molar-refractivity contribution in [2.24, 2.45) is 0 Å². The quantitative estimate of drug-likeness (QED) is 0.888. The molecule has 23 heavy (non-hydrogen) atoms.